The SMILES string of the molecule is CCCCCCCCCCCCCCCCCC(=O)[O-].CCCCCCCCCCCCCCCCCC(=O)[O-].[Fe+3]. The monoisotopic (exact) mass is 622 g/mol. The number of carboxylic acids is 2. The summed E-state index contributed by atoms with van der Waals surface area (Å²) in [7, 11) is 0. The predicted octanol–water partition coefficient (Wildman–Crippen LogP) is 9.99. The van der Waals surface area contributed by atoms with Crippen molar-refractivity contribution in [1.29, 1.82) is 0 Å². The maximum absolute atomic E-state index is 10.2. The Kier molecular flexibility index (Phi) is 45.5. The fraction of sp³-hybridized carbons (Fsp3) is 0.944. The molecule has 0 bridgehead atoms. The first kappa shape index (κ1) is 44.9. The Balaban J connectivity index is -0.000000688. The second kappa shape index (κ2) is 41.6. The van der Waals surface area contributed by atoms with Gasteiger partial charge in [-0.1, -0.05) is 194 Å². The van der Waals surface area contributed by atoms with Crippen LogP contribution in [0.4, 0.5) is 0 Å². The molecular formula is C36H70FeO4+. The third kappa shape index (κ3) is 49.5. The summed E-state index contributed by atoms with van der Waals surface area (Å²) in [5, 5.41) is 20.4. The first-order chi connectivity index (χ1) is 19.5. The molecule has 5 heteroatoms. The second-order valence-electron chi connectivity index (χ2n) is 12.1. The molecule has 0 aliphatic rings. The molecule has 41 heavy (non-hydrogen) atoms. The first-order valence-electron chi connectivity index (χ1n) is 17.9. The van der Waals surface area contributed by atoms with E-state index in [-0.39, 0.29) is 29.9 Å². The Bertz CT molecular complexity index is 454. The molecule has 1 radical (unpaired) electrons. The average Bonchev–Trinajstić information content (AvgIpc) is 2.93. The minimum absolute atomic E-state index is 0. The van der Waals surface area contributed by atoms with Crippen molar-refractivity contribution in [2.24, 2.45) is 0 Å². The Labute approximate surface area is 267 Å². The molecular weight excluding hydrogens is 552 g/mol. The van der Waals surface area contributed by atoms with Gasteiger partial charge in [0.05, 0.1) is 0 Å². The van der Waals surface area contributed by atoms with Gasteiger partial charge >= 0.3 is 17.1 Å². The van der Waals surface area contributed by atoms with Crippen molar-refractivity contribution in [2.45, 2.75) is 219 Å². The van der Waals surface area contributed by atoms with Crippen LogP contribution in [0.15, 0.2) is 0 Å². The van der Waals surface area contributed by atoms with Crippen molar-refractivity contribution in [1.82, 2.24) is 0 Å². The summed E-state index contributed by atoms with van der Waals surface area (Å²) in [6.07, 6.45) is 39.7. The molecule has 245 valence electrons. The zero-order valence-corrected chi connectivity index (χ0v) is 28.7. The molecule has 0 fully saturated rings. The molecule has 0 aliphatic carbocycles. The van der Waals surface area contributed by atoms with E-state index in [9.17, 15) is 19.8 Å². The molecule has 0 unspecified atom stereocenters. The van der Waals surface area contributed by atoms with Crippen molar-refractivity contribution in [3.8, 4) is 0 Å². The molecule has 0 aromatic carbocycles. The van der Waals surface area contributed by atoms with Crippen molar-refractivity contribution in [3.63, 3.8) is 0 Å². The van der Waals surface area contributed by atoms with Gasteiger partial charge in [-0.25, -0.2) is 0 Å². The van der Waals surface area contributed by atoms with E-state index in [4.69, 9.17) is 0 Å². The van der Waals surface area contributed by atoms with Crippen LogP contribution in [0.2, 0.25) is 0 Å². The number of aliphatic carboxylic acids is 2. The van der Waals surface area contributed by atoms with Gasteiger partial charge in [0.1, 0.15) is 0 Å². The van der Waals surface area contributed by atoms with Gasteiger partial charge < -0.3 is 19.8 Å². The summed E-state index contributed by atoms with van der Waals surface area (Å²) >= 11 is 0. The van der Waals surface area contributed by atoms with Crippen LogP contribution in [0.1, 0.15) is 219 Å². The van der Waals surface area contributed by atoms with E-state index in [0.29, 0.717) is 0 Å². The number of hydrogen-bond acceptors (Lipinski definition) is 4. The van der Waals surface area contributed by atoms with Gasteiger partial charge in [-0.2, -0.15) is 0 Å². The number of carboxylic acid groups (broad SMARTS) is 2. The normalized spacial score (nSPS) is 10.6. The smallest absolute Gasteiger partial charge is 0.550 e. The third-order valence-corrected chi connectivity index (χ3v) is 7.97. The minimum Gasteiger partial charge on any atom is -0.550 e. The largest absolute Gasteiger partial charge is 3.00 e. The van der Waals surface area contributed by atoms with E-state index < -0.39 is 11.9 Å². The topological polar surface area (TPSA) is 80.3 Å². The molecule has 0 aliphatic heterocycles. The summed E-state index contributed by atoms with van der Waals surface area (Å²) in [4.78, 5) is 20.4. The summed E-state index contributed by atoms with van der Waals surface area (Å²) in [5.41, 5.74) is 0. The van der Waals surface area contributed by atoms with Crippen LogP contribution in [0.25, 0.3) is 0 Å². The van der Waals surface area contributed by atoms with Gasteiger partial charge in [0.15, 0.2) is 0 Å². The quantitative estimate of drug-likeness (QED) is 0.0552. The van der Waals surface area contributed by atoms with Gasteiger partial charge in [0, 0.05) is 11.9 Å². The molecule has 0 spiro atoms. The summed E-state index contributed by atoms with van der Waals surface area (Å²) < 4.78 is 0. The summed E-state index contributed by atoms with van der Waals surface area (Å²) in [6.45, 7) is 4.53. The number of rotatable bonds is 32. The molecule has 0 saturated carbocycles. The average molecular weight is 623 g/mol. The van der Waals surface area contributed by atoms with E-state index in [2.05, 4.69) is 13.8 Å². The Morgan fingerprint density at radius 2 is 0.463 bits per heavy atom. The van der Waals surface area contributed by atoms with E-state index in [1.807, 2.05) is 0 Å². The number of carbonyl (C=O) groups excluding carboxylic acids is 2. The molecule has 0 rings (SSSR count). The third-order valence-electron chi connectivity index (χ3n) is 7.97. The maximum atomic E-state index is 10.2. The molecule has 4 nitrogen and oxygen atoms in total. The van der Waals surface area contributed by atoms with Crippen molar-refractivity contribution >= 4 is 11.9 Å². The number of hydrogen-bond donors (Lipinski definition) is 0. The predicted molar refractivity (Wildman–Crippen MR) is 169 cm³/mol. The van der Waals surface area contributed by atoms with Crippen LogP contribution in [-0.2, 0) is 26.7 Å². The number of unbranched alkanes of at least 4 members (excludes halogenated alkanes) is 28. The maximum Gasteiger partial charge on any atom is 3.00 e. The summed E-state index contributed by atoms with van der Waals surface area (Å²) in [5.74, 6) is -1.81. The molecule has 0 amide bonds. The Hall–Kier alpha value is -0.541. The van der Waals surface area contributed by atoms with Crippen LogP contribution < -0.4 is 10.2 Å². The first-order valence-corrected chi connectivity index (χ1v) is 17.9. The van der Waals surface area contributed by atoms with Crippen LogP contribution in [0.5, 0.6) is 0 Å². The van der Waals surface area contributed by atoms with Gasteiger partial charge in [-0.15, -0.1) is 0 Å². The van der Waals surface area contributed by atoms with Crippen LogP contribution >= 0.6 is 0 Å². The standard InChI is InChI=1S/2C18H36O2.Fe/c2*1-2-3-4-5-6-7-8-9-10-11-12-13-14-15-16-17-18(19)20;/h2*2-17H2,1H3,(H,19,20);/q;;+3/p-2. The molecule has 0 N–H and O–H groups in total. The van der Waals surface area contributed by atoms with Crippen LogP contribution in [-0.4, -0.2) is 11.9 Å². The van der Waals surface area contributed by atoms with E-state index in [1.54, 1.807) is 0 Å². The van der Waals surface area contributed by atoms with E-state index >= 15 is 0 Å². The zero-order chi connectivity index (χ0) is 29.8. The van der Waals surface area contributed by atoms with Crippen LogP contribution in [0.3, 0.4) is 0 Å². The Morgan fingerprint density at radius 1 is 0.317 bits per heavy atom. The van der Waals surface area contributed by atoms with E-state index in [0.717, 1.165) is 25.7 Å². The molecule has 0 heterocycles. The van der Waals surface area contributed by atoms with Gasteiger partial charge in [0.2, 0.25) is 0 Å². The van der Waals surface area contributed by atoms with Crippen LogP contribution in [0, 0.1) is 0 Å². The molecule has 0 aromatic rings. The molecule has 0 saturated heterocycles. The fourth-order valence-electron chi connectivity index (χ4n) is 5.28. The van der Waals surface area contributed by atoms with Crippen molar-refractivity contribution in [2.75, 3.05) is 0 Å². The molecule has 0 aromatic heterocycles. The fourth-order valence-corrected chi connectivity index (χ4v) is 5.28. The Morgan fingerprint density at radius 3 is 0.610 bits per heavy atom. The van der Waals surface area contributed by atoms with E-state index in [1.165, 1.54) is 167 Å². The summed E-state index contributed by atoms with van der Waals surface area (Å²) in [6, 6.07) is 0. The van der Waals surface area contributed by atoms with Gasteiger partial charge in [-0.05, 0) is 25.7 Å². The second-order valence-corrected chi connectivity index (χ2v) is 12.1. The zero-order valence-electron chi connectivity index (χ0n) is 27.6. The van der Waals surface area contributed by atoms with Crippen molar-refractivity contribution < 1.29 is 36.9 Å². The van der Waals surface area contributed by atoms with Gasteiger partial charge in [0.25, 0.3) is 0 Å². The minimum atomic E-state index is -0.903. The van der Waals surface area contributed by atoms with Gasteiger partial charge in [-0.3, -0.25) is 0 Å². The van der Waals surface area contributed by atoms with Crippen molar-refractivity contribution in [3.05, 3.63) is 0 Å². The number of carbonyl (C=O) groups is 2. The molecule has 0 atom stereocenters.